The molecule has 0 radical (unpaired) electrons. The summed E-state index contributed by atoms with van der Waals surface area (Å²) in [5, 5.41) is 6.38. The van der Waals surface area contributed by atoms with E-state index in [9.17, 15) is 14.4 Å². The van der Waals surface area contributed by atoms with Crippen LogP contribution in [0.15, 0.2) is 11.8 Å². The van der Waals surface area contributed by atoms with Gasteiger partial charge in [0.1, 0.15) is 0 Å². The minimum atomic E-state index is -0.229. The van der Waals surface area contributed by atoms with Gasteiger partial charge in [0.15, 0.2) is 5.78 Å². The Labute approximate surface area is 192 Å². The van der Waals surface area contributed by atoms with Crippen molar-refractivity contribution in [3.05, 3.63) is 11.8 Å². The lowest BCUT2D eigenvalue weighted by Gasteiger charge is -2.58. The molecule has 32 heavy (non-hydrogen) atoms. The third kappa shape index (κ3) is 3.77. The van der Waals surface area contributed by atoms with Gasteiger partial charge in [-0.05, 0) is 68.1 Å². The van der Waals surface area contributed by atoms with E-state index in [-0.39, 0.29) is 34.5 Å². The van der Waals surface area contributed by atoms with Gasteiger partial charge in [0.25, 0.3) is 0 Å². The van der Waals surface area contributed by atoms with Gasteiger partial charge in [0.05, 0.1) is 0 Å². The molecular formula is C26H41N3O3. The predicted octanol–water partition coefficient (Wildman–Crippen LogP) is 4.26. The second-order valence-corrected chi connectivity index (χ2v) is 11.2. The summed E-state index contributed by atoms with van der Waals surface area (Å²) in [6, 6.07) is -0.229. The van der Waals surface area contributed by atoms with Crippen LogP contribution in [0.2, 0.25) is 0 Å². The van der Waals surface area contributed by atoms with Crippen molar-refractivity contribution in [1.29, 1.82) is 0 Å². The van der Waals surface area contributed by atoms with E-state index in [2.05, 4.69) is 38.3 Å². The highest BCUT2D eigenvalue weighted by Gasteiger charge is 2.60. The lowest BCUT2D eigenvalue weighted by molar-refractivity contribution is -0.131. The quantitative estimate of drug-likeness (QED) is 0.665. The zero-order valence-corrected chi connectivity index (χ0v) is 20.3. The molecule has 2 N–H and O–H groups in total. The molecule has 178 valence electrons. The average molecular weight is 444 g/mol. The number of carbonyl (C=O) groups is 3. The Balaban J connectivity index is 1.48. The molecule has 0 aromatic heterocycles. The Bertz CT molecular complexity index is 802. The highest BCUT2D eigenvalue weighted by atomic mass is 16.2. The van der Waals surface area contributed by atoms with Crippen LogP contribution in [0.25, 0.3) is 0 Å². The van der Waals surface area contributed by atoms with E-state index >= 15 is 0 Å². The number of hydrogen-bond donors (Lipinski definition) is 2. The topological polar surface area (TPSA) is 78.5 Å². The molecule has 3 fully saturated rings. The maximum atomic E-state index is 13.3. The van der Waals surface area contributed by atoms with Crippen molar-refractivity contribution in [3.63, 3.8) is 0 Å². The zero-order valence-electron chi connectivity index (χ0n) is 20.3. The molecule has 1 heterocycles. The number of amides is 3. The number of urea groups is 1. The van der Waals surface area contributed by atoms with E-state index < -0.39 is 0 Å². The van der Waals surface area contributed by atoms with Gasteiger partial charge in [-0.3, -0.25) is 14.9 Å². The standard InChI is InChI=1S/C26H41N3O3/c1-5-13-29(14-6-2)24(32)28-23(31)21-8-7-19-18-16-27-22-15-17(30)9-11-26(22,4)20(18)10-12-25(19,21)3/h15,18-21,27H,5-14,16H2,1-4H3,(H,28,31,32)/t18-,19-,20+,21?,25-,26+/m0/s1. The van der Waals surface area contributed by atoms with Gasteiger partial charge < -0.3 is 10.2 Å². The van der Waals surface area contributed by atoms with Crippen LogP contribution in [0.1, 0.15) is 79.1 Å². The van der Waals surface area contributed by atoms with Crippen LogP contribution in [0, 0.1) is 34.5 Å². The zero-order chi connectivity index (χ0) is 23.1. The van der Waals surface area contributed by atoms with E-state index in [1.54, 1.807) is 4.90 Å². The van der Waals surface area contributed by atoms with E-state index in [1.165, 1.54) is 0 Å². The van der Waals surface area contributed by atoms with Crippen molar-refractivity contribution in [2.75, 3.05) is 19.6 Å². The van der Waals surface area contributed by atoms with Gasteiger partial charge in [0.2, 0.25) is 5.91 Å². The number of fused-ring (bicyclic) bond motifs is 5. The first-order valence-corrected chi connectivity index (χ1v) is 12.8. The van der Waals surface area contributed by atoms with Crippen molar-refractivity contribution < 1.29 is 14.4 Å². The Morgan fingerprint density at radius 3 is 2.50 bits per heavy atom. The number of ketones is 1. The molecule has 0 aromatic rings. The first kappa shape index (κ1) is 23.3. The summed E-state index contributed by atoms with van der Waals surface area (Å²) < 4.78 is 0. The third-order valence-corrected chi connectivity index (χ3v) is 9.42. The van der Waals surface area contributed by atoms with E-state index in [4.69, 9.17) is 0 Å². The number of carbonyl (C=O) groups excluding carboxylic acids is 3. The van der Waals surface area contributed by atoms with Crippen molar-refractivity contribution >= 4 is 17.7 Å². The molecule has 1 aliphatic heterocycles. The van der Waals surface area contributed by atoms with Crippen LogP contribution < -0.4 is 10.6 Å². The first-order chi connectivity index (χ1) is 15.2. The Hall–Kier alpha value is -1.85. The first-order valence-electron chi connectivity index (χ1n) is 12.8. The minimum Gasteiger partial charge on any atom is -0.387 e. The third-order valence-electron chi connectivity index (χ3n) is 9.42. The summed E-state index contributed by atoms with van der Waals surface area (Å²) in [6.07, 6.45) is 9.24. The second kappa shape index (κ2) is 8.83. The molecular weight excluding hydrogens is 402 g/mol. The average Bonchev–Trinajstić information content (AvgIpc) is 3.11. The van der Waals surface area contributed by atoms with Gasteiger partial charge in [-0.15, -0.1) is 0 Å². The number of nitrogens with zero attached hydrogens (tertiary/aromatic N) is 1. The maximum absolute atomic E-state index is 13.3. The van der Waals surface area contributed by atoms with Crippen LogP contribution in [0.5, 0.6) is 0 Å². The van der Waals surface area contributed by atoms with Crippen molar-refractivity contribution in [2.24, 2.45) is 34.5 Å². The lowest BCUT2D eigenvalue weighted by atomic mass is 9.50. The molecule has 6 nitrogen and oxygen atoms in total. The van der Waals surface area contributed by atoms with Crippen molar-refractivity contribution in [2.45, 2.75) is 79.1 Å². The minimum absolute atomic E-state index is 0.0509. The monoisotopic (exact) mass is 443 g/mol. The SMILES string of the molecule is CCCN(CCC)C(=O)NC(=O)C1CC[C@H]2[C@@H]3CNC4=CC(=O)CC[C@]4(C)[C@@H]3CC[C@]12C. The van der Waals surface area contributed by atoms with Gasteiger partial charge >= 0.3 is 6.03 Å². The molecule has 4 rings (SSSR count). The fourth-order valence-electron chi connectivity index (χ4n) is 7.70. The van der Waals surface area contributed by atoms with Crippen LogP contribution in [-0.2, 0) is 9.59 Å². The lowest BCUT2D eigenvalue weighted by Crippen LogP contribution is -2.57. The fourth-order valence-corrected chi connectivity index (χ4v) is 7.70. The Morgan fingerprint density at radius 1 is 1.09 bits per heavy atom. The molecule has 4 aliphatic rings. The van der Waals surface area contributed by atoms with Crippen LogP contribution in [0.4, 0.5) is 4.79 Å². The summed E-state index contributed by atoms with van der Waals surface area (Å²) >= 11 is 0. The van der Waals surface area contributed by atoms with E-state index in [0.717, 1.165) is 57.2 Å². The molecule has 0 aromatic carbocycles. The Morgan fingerprint density at radius 2 is 1.81 bits per heavy atom. The summed E-state index contributed by atoms with van der Waals surface area (Å²) in [7, 11) is 0. The number of piperidine rings is 1. The normalized spacial score (nSPS) is 38.0. The second-order valence-electron chi connectivity index (χ2n) is 11.2. The number of hydrogen-bond acceptors (Lipinski definition) is 4. The van der Waals surface area contributed by atoms with E-state index in [1.807, 2.05) is 6.08 Å². The molecule has 3 amide bonds. The molecule has 0 spiro atoms. The number of imide groups is 1. The smallest absolute Gasteiger partial charge is 0.324 e. The van der Waals surface area contributed by atoms with E-state index in [0.29, 0.717) is 37.3 Å². The fraction of sp³-hybridized carbons (Fsp3) is 0.808. The maximum Gasteiger partial charge on any atom is 0.324 e. The highest BCUT2D eigenvalue weighted by molar-refractivity contribution is 5.96. The van der Waals surface area contributed by atoms with Gasteiger partial charge in [-0.2, -0.15) is 0 Å². The van der Waals surface area contributed by atoms with Crippen LogP contribution in [-0.4, -0.2) is 42.3 Å². The van der Waals surface area contributed by atoms with Crippen molar-refractivity contribution in [1.82, 2.24) is 15.5 Å². The summed E-state index contributed by atoms with van der Waals surface area (Å²) in [6.45, 7) is 11.0. The highest BCUT2D eigenvalue weighted by Crippen LogP contribution is 2.64. The van der Waals surface area contributed by atoms with Gasteiger partial charge in [-0.1, -0.05) is 27.7 Å². The summed E-state index contributed by atoms with van der Waals surface area (Å²) in [4.78, 5) is 39.8. The van der Waals surface area contributed by atoms with Crippen LogP contribution in [0.3, 0.4) is 0 Å². The molecule has 3 aliphatic carbocycles. The molecule has 6 atom stereocenters. The van der Waals surface area contributed by atoms with Gasteiger partial charge in [-0.25, -0.2) is 4.79 Å². The molecule has 2 saturated carbocycles. The number of rotatable bonds is 5. The molecule has 1 saturated heterocycles. The van der Waals surface area contributed by atoms with Gasteiger partial charge in [0, 0.05) is 49.2 Å². The molecule has 6 heteroatoms. The summed E-state index contributed by atoms with van der Waals surface area (Å²) in [5.41, 5.74) is 1.13. The largest absolute Gasteiger partial charge is 0.387 e. The van der Waals surface area contributed by atoms with Crippen molar-refractivity contribution in [3.8, 4) is 0 Å². The Kier molecular flexibility index (Phi) is 6.43. The summed E-state index contributed by atoms with van der Waals surface area (Å²) in [5.74, 6) is 1.64. The molecule has 0 bridgehead atoms. The van der Waals surface area contributed by atoms with Crippen LogP contribution >= 0.6 is 0 Å². The number of allylic oxidation sites excluding steroid dienone is 2. The number of nitrogens with one attached hydrogen (secondary N) is 2. The molecule has 1 unspecified atom stereocenters. The predicted molar refractivity (Wildman–Crippen MR) is 125 cm³/mol.